The number of hydrogen-bond donors (Lipinski definition) is 0. The maximum Gasteiger partial charge on any atom is 0.310 e. The number of unbranched alkanes of at least 4 members (excludes halogenated alkanes) is 2. The van der Waals surface area contributed by atoms with Gasteiger partial charge in [-0.05, 0) is 20.3 Å². The second kappa shape index (κ2) is 6.13. The minimum atomic E-state index is -1.82. The normalized spacial score (nSPS) is 12.3. The Labute approximate surface area is 81.8 Å². The summed E-state index contributed by atoms with van der Waals surface area (Å²) in [6.45, 7) is 5.74. The molecule has 0 aromatic carbocycles. The van der Waals surface area contributed by atoms with Gasteiger partial charge in [-0.3, -0.25) is 4.79 Å². The predicted molar refractivity (Wildman–Crippen MR) is 54.2 cm³/mol. The summed E-state index contributed by atoms with van der Waals surface area (Å²) in [6.07, 6.45) is 3.03. The molecule has 78 valence electrons. The summed E-state index contributed by atoms with van der Waals surface area (Å²) in [5.74, 6) is -0.377. The van der Waals surface area contributed by atoms with Crippen LogP contribution in [-0.2, 0) is 9.53 Å². The molecule has 0 aromatic rings. The standard InChI is InChI=1S/C9H19FO2Si/c1-4-5-6-7-12-8(11)9(2,3)13-10/h4-7,13H2,1-3H3. The van der Waals surface area contributed by atoms with Crippen LogP contribution in [0.5, 0.6) is 0 Å². The van der Waals surface area contributed by atoms with E-state index in [2.05, 4.69) is 6.92 Å². The largest absolute Gasteiger partial charge is 0.465 e. The number of esters is 1. The van der Waals surface area contributed by atoms with Crippen LogP contribution in [0.25, 0.3) is 0 Å². The molecule has 0 amide bonds. The third-order valence-corrected chi connectivity index (χ3v) is 2.82. The first-order valence-corrected chi connectivity index (χ1v) is 6.02. The van der Waals surface area contributed by atoms with Crippen molar-refractivity contribution in [2.75, 3.05) is 6.61 Å². The lowest BCUT2D eigenvalue weighted by molar-refractivity contribution is -0.146. The van der Waals surface area contributed by atoms with Gasteiger partial charge in [-0.15, -0.1) is 0 Å². The van der Waals surface area contributed by atoms with E-state index in [1.165, 1.54) is 0 Å². The van der Waals surface area contributed by atoms with Gasteiger partial charge in [0.05, 0.1) is 11.6 Å². The molecular formula is C9H19FO2Si. The summed E-state index contributed by atoms with van der Waals surface area (Å²) >= 11 is 0. The lowest BCUT2D eigenvalue weighted by Gasteiger charge is -2.17. The molecule has 2 nitrogen and oxygen atoms in total. The first-order chi connectivity index (χ1) is 6.04. The number of hydrogen-bond acceptors (Lipinski definition) is 2. The van der Waals surface area contributed by atoms with Gasteiger partial charge < -0.3 is 8.84 Å². The summed E-state index contributed by atoms with van der Waals surface area (Å²) in [6, 6.07) is 0. The van der Waals surface area contributed by atoms with Crippen LogP contribution in [0, 0.1) is 0 Å². The second-order valence-corrected chi connectivity index (χ2v) is 5.90. The van der Waals surface area contributed by atoms with Gasteiger partial charge in [0.1, 0.15) is 0 Å². The van der Waals surface area contributed by atoms with Gasteiger partial charge in [-0.1, -0.05) is 19.8 Å². The summed E-state index contributed by atoms with van der Waals surface area (Å²) < 4.78 is 17.4. The Morgan fingerprint density at radius 1 is 1.46 bits per heavy atom. The zero-order chi connectivity index (χ0) is 10.3. The molecule has 0 heterocycles. The van der Waals surface area contributed by atoms with Gasteiger partial charge in [0.2, 0.25) is 9.85 Å². The Bertz CT molecular complexity index is 160. The Balaban J connectivity index is 3.62. The summed E-state index contributed by atoms with van der Waals surface area (Å²) in [4.78, 5) is 11.2. The molecular weight excluding hydrogens is 187 g/mol. The first-order valence-electron chi connectivity index (χ1n) is 4.77. The first kappa shape index (κ1) is 12.6. The number of ether oxygens (including phenoxy) is 1. The van der Waals surface area contributed by atoms with E-state index in [4.69, 9.17) is 4.74 Å². The number of carbonyl (C=O) groups is 1. The van der Waals surface area contributed by atoms with Crippen molar-refractivity contribution < 1.29 is 13.6 Å². The maximum absolute atomic E-state index is 12.4. The molecule has 0 fully saturated rings. The molecule has 0 aliphatic carbocycles. The van der Waals surface area contributed by atoms with Crippen molar-refractivity contribution in [1.29, 1.82) is 0 Å². The van der Waals surface area contributed by atoms with Gasteiger partial charge in [-0.2, -0.15) is 0 Å². The number of halogens is 1. The molecule has 0 rings (SSSR count). The smallest absolute Gasteiger partial charge is 0.310 e. The fourth-order valence-corrected chi connectivity index (χ4v) is 0.978. The van der Waals surface area contributed by atoms with Crippen molar-refractivity contribution in [2.45, 2.75) is 45.1 Å². The van der Waals surface area contributed by atoms with E-state index in [1.807, 2.05) is 0 Å². The molecule has 13 heavy (non-hydrogen) atoms. The van der Waals surface area contributed by atoms with E-state index in [-0.39, 0.29) is 5.97 Å². The average Bonchev–Trinajstić information content (AvgIpc) is 2.12. The van der Waals surface area contributed by atoms with Crippen LogP contribution < -0.4 is 0 Å². The molecule has 0 atom stereocenters. The van der Waals surface area contributed by atoms with Crippen molar-refractivity contribution in [3.63, 3.8) is 0 Å². The lowest BCUT2D eigenvalue weighted by Crippen LogP contribution is -2.24. The van der Waals surface area contributed by atoms with Gasteiger partial charge in [0.25, 0.3) is 0 Å². The van der Waals surface area contributed by atoms with Crippen molar-refractivity contribution >= 4 is 15.8 Å². The minimum absolute atomic E-state index is 0.377. The van der Waals surface area contributed by atoms with Crippen molar-refractivity contribution in [1.82, 2.24) is 0 Å². The maximum atomic E-state index is 12.4. The quantitative estimate of drug-likeness (QED) is 0.287. The van der Waals surface area contributed by atoms with Crippen LogP contribution in [0.4, 0.5) is 4.11 Å². The highest BCUT2D eigenvalue weighted by Gasteiger charge is 2.30. The highest BCUT2D eigenvalue weighted by atomic mass is 28.3. The molecule has 0 aromatic heterocycles. The highest BCUT2D eigenvalue weighted by Crippen LogP contribution is 2.24. The van der Waals surface area contributed by atoms with Gasteiger partial charge in [-0.25, -0.2) is 0 Å². The SMILES string of the molecule is CCCCCOC(=O)C(C)(C)[SiH2]F. The van der Waals surface area contributed by atoms with Crippen LogP contribution in [0.2, 0.25) is 5.04 Å². The van der Waals surface area contributed by atoms with E-state index in [9.17, 15) is 8.90 Å². The molecule has 0 bridgehead atoms. The monoisotopic (exact) mass is 206 g/mol. The number of carbonyl (C=O) groups excluding carboxylic acids is 1. The topological polar surface area (TPSA) is 26.3 Å². The summed E-state index contributed by atoms with van der Waals surface area (Å²) in [5, 5.41) is -0.841. The Hall–Kier alpha value is -0.383. The predicted octanol–water partition coefficient (Wildman–Crippen LogP) is 1.97. The van der Waals surface area contributed by atoms with Gasteiger partial charge in [0.15, 0.2) is 0 Å². The van der Waals surface area contributed by atoms with Crippen molar-refractivity contribution in [2.24, 2.45) is 0 Å². The second-order valence-electron chi connectivity index (χ2n) is 3.86. The fraction of sp³-hybridized carbons (Fsp3) is 0.889. The highest BCUT2D eigenvalue weighted by molar-refractivity contribution is 6.39. The summed E-state index contributed by atoms with van der Waals surface area (Å²) in [5.41, 5.74) is 0. The summed E-state index contributed by atoms with van der Waals surface area (Å²) in [7, 11) is -1.82. The molecule has 0 aliphatic heterocycles. The van der Waals surface area contributed by atoms with E-state index < -0.39 is 14.9 Å². The average molecular weight is 206 g/mol. The van der Waals surface area contributed by atoms with Crippen LogP contribution in [0.1, 0.15) is 40.0 Å². The van der Waals surface area contributed by atoms with Crippen LogP contribution >= 0.6 is 0 Å². The van der Waals surface area contributed by atoms with E-state index in [0.29, 0.717) is 6.61 Å². The molecule has 0 N–H and O–H groups in total. The van der Waals surface area contributed by atoms with Crippen molar-refractivity contribution in [3.05, 3.63) is 0 Å². The molecule has 0 radical (unpaired) electrons. The molecule has 0 unspecified atom stereocenters. The van der Waals surface area contributed by atoms with E-state index >= 15 is 0 Å². The third-order valence-electron chi connectivity index (χ3n) is 1.87. The molecule has 0 saturated heterocycles. The molecule has 4 heteroatoms. The zero-order valence-electron chi connectivity index (χ0n) is 8.73. The van der Waals surface area contributed by atoms with Gasteiger partial charge >= 0.3 is 5.97 Å². The molecule has 0 aliphatic rings. The van der Waals surface area contributed by atoms with E-state index in [0.717, 1.165) is 19.3 Å². The van der Waals surface area contributed by atoms with E-state index in [1.54, 1.807) is 13.8 Å². The molecule has 0 saturated carbocycles. The Morgan fingerprint density at radius 3 is 2.54 bits per heavy atom. The van der Waals surface area contributed by atoms with Crippen LogP contribution in [0.15, 0.2) is 0 Å². The number of rotatable bonds is 6. The lowest BCUT2D eigenvalue weighted by atomic mass is 10.2. The van der Waals surface area contributed by atoms with Crippen LogP contribution in [-0.4, -0.2) is 22.4 Å². The van der Waals surface area contributed by atoms with Crippen LogP contribution in [0.3, 0.4) is 0 Å². The third kappa shape index (κ3) is 5.03. The van der Waals surface area contributed by atoms with Gasteiger partial charge in [0, 0.05) is 0 Å². The Morgan fingerprint density at radius 2 is 2.08 bits per heavy atom. The minimum Gasteiger partial charge on any atom is -0.465 e. The molecule has 0 spiro atoms. The Kier molecular flexibility index (Phi) is 5.95. The zero-order valence-corrected chi connectivity index (χ0v) is 10.1. The van der Waals surface area contributed by atoms with Crippen molar-refractivity contribution in [3.8, 4) is 0 Å². The fourth-order valence-electron chi connectivity index (χ4n) is 0.767.